The third kappa shape index (κ3) is 5.32. The van der Waals surface area contributed by atoms with Crippen molar-refractivity contribution in [3.8, 4) is 5.75 Å². The van der Waals surface area contributed by atoms with Gasteiger partial charge in [-0.15, -0.1) is 0 Å². The van der Waals surface area contributed by atoms with Crippen molar-refractivity contribution in [1.82, 2.24) is 0 Å². The van der Waals surface area contributed by atoms with Crippen LogP contribution in [0.1, 0.15) is 48.4 Å². The van der Waals surface area contributed by atoms with Crippen molar-refractivity contribution in [1.29, 1.82) is 0 Å². The fourth-order valence-electron chi connectivity index (χ4n) is 6.16. The fourth-order valence-corrected chi connectivity index (χ4v) is 6.16. The fraction of sp³-hybridized carbons (Fsp3) is 0.394. The highest BCUT2D eigenvalue weighted by Crippen LogP contribution is 2.43. The number of rotatable bonds is 7. The Morgan fingerprint density at radius 2 is 1.49 bits per heavy atom. The van der Waals surface area contributed by atoms with Crippen molar-refractivity contribution < 1.29 is 14.2 Å². The molecule has 4 heteroatoms. The molecule has 3 aromatic rings. The van der Waals surface area contributed by atoms with E-state index < -0.39 is 0 Å². The van der Waals surface area contributed by atoms with Crippen molar-refractivity contribution in [3.05, 3.63) is 95.1 Å². The highest BCUT2D eigenvalue weighted by molar-refractivity contribution is 6.00. The molecule has 0 bridgehead atoms. The minimum atomic E-state index is -0.108. The van der Waals surface area contributed by atoms with E-state index in [1.807, 2.05) is 0 Å². The molecule has 4 nitrogen and oxygen atoms in total. The van der Waals surface area contributed by atoms with Crippen LogP contribution >= 0.6 is 0 Å². The molecule has 5 rings (SSSR count). The highest BCUT2D eigenvalue weighted by Gasteiger charge is 2.28. The molecule has 0 radical (unpaired) electrons. The zero-order valence-corrected chi connectivity index (χ0v) is 22.6. The molecule has 0 aromatic heterocycles. The molecular weight excluding hydrogens is 458 g/mol. The molecule has 1 aliphatic heterocycles. The minimum Gasteiger partial charge on any atom is -0.497 e. The van der Waals surface area contributed by atoms with Gasteiger partial charge in [0.05, 0.1) is 7.11 Å². The Bertz CT molecular complexity index is 1210. The summed E-state index contributed by atoms with van der Waals surface area (Å²) >= 11 is 0. The Balaban J connectivity index is 1.51. The summed E-state index contributed by atoms with van der Waals surface area (Å²) in [5, 5.41) is 0. The Morgan fingerprint density at radius 1 is 0.784 bits per heavy atom. The first-order chi connectivity index (χ1) is 18.1. The summed E-state index contributed by atoms with van der Waals surface area (Å²) in [6.07, 6.45) is 4.20. The third-order valence-electron chi connectivity index (χ3n) is 8.19. The second-order valence-electron chi connectivity index (χ2n) is 10.3. The number of hydrogen-bond acceptors (Lipinski definition) is 4. The largest absolute Gasteiger partial charge is 0.497 e. The Labute approximate surface area is 221 Å². The second-order valence-corrected chi connectivity index (χ2v) is 10.3. The number of methoxy groups -OCH3 is 3. The van der Waals surface area contributed by atoms with Gasteiger partial charge < -0.3 is 19.1 Å². The summed E-state index contributed by atoms with van der Waals surface area (Å²) in [6.45, 7) is 4.41. The monoisotopic (exact) mass is 497 g/mol. The number of nitrogens with zero attached hydrogens (tertiary/aromatic N) is 1. The summed E-state index contributed by atoms with van der Waals surface area (Å²) in [6, 6.07) is 26.7. The number of aryl methyl sites for hydroxylation is 1. The van der Waals surface area contributed by atoms with E-state index in [9.17, 15) is 0 Å². The summed E-state index contributed by atoms with van der Waals surface area (Å²) in [7, 11) is 5.22. The lowest BCUT2D eigenvalue weighted by Crippen LogP contribution is -2.39. The maximum atomic E-state index is 5.58. The first-order valence-electron chi connectivity index (χ1n) is 13.5. The van der Waals surface area contributed by atoms with Gasteiger partial charge in [-0.05, 0) is 89.3 Å². The van der Waals surface area contributed by atoms with E-state index in [1.165, 1.54) is 39.1 Å². The molecular formula is C33H39NO3. The molecule has 1 heterocycles. The van der Waals surface area contributed by atoms with Crippen LogP contribution in [0.2, 0.25) is 0 Å². The Morgan fingerprint density at radius 3 is 2.14 bits per heavy atom. The number of anilines is 1. The summed E-state index contributed by atoms with van der Waals surface area (Å²) < 4.78 is 16.6. The maximum Gasteiger partial charge on any atom is 0.159 e. The molecule has 0 unspecified atom stereocenters. The van der Waals surface area contributed by atoms with Crippen molar-refractivity contribution >= 4 is 16.8 Å². The van der Waals surface area contributed by atoms with Crippen molar-refractivity contribution in [2.45, 2.75) is 38.9 Å². The van der Waals surface area contributed by atoms with E-state index in [-0.39, 0.29) is 6.29 Å². The standard InChI is InChI=1S/C33H39NO3/c1-23-10-11-27-22-29(35-2)16-17-30(27)32(31(23)24-8-6-5-7-9-24)25-12-14-28(15-13-25)34-20-18-26(19-21-34)33(36-3)37-4/h5-9,12-17,22-23,26,33H,10-11,18-21H2,1-4H3/t23-/m1/s1. The van der Waals surface area contributed by atoms with Gasteiger partial charge in [-0.3, -0.25) is 0 Å². The normalized spacial score (nSPS) is 18.6. The van der Waals surface area contributed by atoms with Crippen molar-refractivity contribution in [2.75, 3.05) is 39.3 Å². The second kappa shape index (κ2) is 11.5. The third-order valence-corrected chi connectivity index (χ3v) is 8.19. The molecule has 0 amide bonds. The van der Waals surface area contributed by atoms with Gasteiger partial charge in [0.1, 0.15) is 5.75 Å². The topological polar surface area (TPSA) is 30.9 Å². The molecule has 0 N–H and O–H groups in total. The van der Waals surface area contributed by atoms with Gasteiger partial charge >= 0.3 is 0 Å². The zero-order chi connectivity index (χ0) is 25.8. The van der Waals surface area contributed by atoms with E-state index >= 15 is 0 Å². The lowest BCUT2D eigenvalue weighted by atomic mass is 9.84. The minimum absolute atomic E-state index is 0.108. The molecule has 194 valence electrons. The van der Waals surface area contributed by atoms with Crippen LogP contribution in [0.15, 0.2) is 72.8 Å². The van der Waals surface area contributed by atoms with E-state index in [0.29, 0.717) is 11.8 Å². The predicted octanol–water partition coefficient (Wildman–Crippen LogP) is 7.07. The Hall–Kier alpha value is -3.08. The van der Waals surface area contributed by atoms with Crippen LogP contribution in [0.25, 0.3) is 11.1 Å². The van der Waals surface area contributed by atoms with Gasteiger partial charge in [-0.1, -0.05) is 55.5 Å². The number of ether oxygens (including phenoxy) is 3. The van der Waals surface area contributed by atoms with Gasteiger partial charge in [-0.25, -0.2) is 0 Å². The van der Waals surface area contributed by atoms with Crippen LogP contribution in [0.4, 0.5) is 5.69 Å². The van der Waals surface area contributed by atoms with Gasteiger partial charge in [0.2, 0.25) is 0 Å². The predicted molar refractivity (Wildman–Crippen MR) is 152 cm³/mol. The van der Waals surface area contributed by atoms with Gasteiger partial charge in [0, 0.05) is 38.9 Å². The van der Waals surface area contributed by atoms with Crippen molar-refractivity contribution in [3.63, 3.8) is 0 Å². The van der Waals surface area contributed by atoms with Crippen LogP contribution in [0.5, 0.6) is 5.75 Å². The molecule has 1 fully saturated rings. The number of allylic oxidation sites excluding steroid dienone is 1. The van der Waals surface area contributed by atoms with E-state index in [0.717, 1.165) is 44.5 Å². The van der Waals surface area contributed by atoms with Crippen LogP contribution < -0.4 is 9.64 Å². The van der Waals surface area contributed by atoms with Crippen LogP contribution in [-0.4, -0.2) is 40.7 Å². The van der Waals surface area contributed by atoms with Crippen LogP contribution in [0, 0.1) is 11.8 Å². The highest BCUT2D eigenvalue weighted by atomic mass is 16.7. The average molecular weight is 498 g/mol. The summed E-state index contributed by atoms with van der Waals surface area (Å²) in [5.74, 6) is 1.82. The molecule has 2 aliphatic rings. The zero-order valence-electron chi connectivity index (χ0n) is 22.6. The Kier molecular flexibility index (Phi) is 7.97. The lowest BCUT2D eigenvalue weighted by Gasteiger charge is -2.36. The smallest absolute Gasteiger partial charge is 0.159 e. The van der Waals surface area contributed by atoms with Crippen LogP contribution in [0.3, 0.4) is 0 Å². The summed E-state index contributed by atoms with van der Waals surface area (Å²) in [4.78, 5) is 2.49. The molecule has 1 saturated heterocycles. The molecule has 0 saturated carbocycles. The SMILES string of the molecule is COc1ccc2c(c1)CC[C@@H](C)C(c1ccccc1)=C2c1ccc(N2CCC(C(OC)OC)CC2)cc1. The molecule has 0 spiro atoms. The molecule has 3 aromatic carbocycles. The maximum absolute atomic E-state index is 5.58. The van der Waals surface area contributed by atoms with Gasteiger partial charge in [0.25, 0.3) is 0 Å². The molecule has 1 atom stereocenters. The van der Waals surface area contributed by atoms with E-state index in [2.05, 4.69) is 84.6 Å². The molecule has 1 aliphatic carbocycles. The van der Waals surface area contributed by atoms with E-state index in [4.69, 9.17) is 14.2 Å². The quantitative estimate of drug-likeness (QED) is 0.327. The number of piperidine rings is 1. The lowest BCUT2D eigenvalue weighted by molar-refractivity contribution is -0.141. The number of hydrogen-bond donors (Lipinski definition) is 0. The first kappa shape index (κ1) is 25.6. The number of benzene rings is 3. The summed E-state index contributed by atoms with van der Waals surface area (Å²) in [5.41, 5.74) is 9.34. The van der Waals surface area contributed by atoms with Gasteiger partial charge in [0.15, 0.2) is 6.29 Å². The first-order valence-corrected chi connectivity index (χ1v) is 13.5. The van der Waals surface area contributed by atoms with Crippen molar-refractivity contribution in [2.24, 2.45) is 11.8 Å². The van der Waals surface area contributed by atoms with Crippen LogP contribution in [-0.2, 0) is 15.9 Å². The van der Waals surface area contributed by atoms with E-state index in [1.54, 1.807) is 21.3 Å². The molecule has 37 heavy (non-hydrogen) atoms. The number of fused-ring (bicyclic) bond motifs is 1. The van der Waals surface area contributed by atoms with Gasteiger partial charge in [-0.2, -0.15) is 0 Å². The average Bonchev–Trinajstić information content (AvgIpc) is 3.10.